The Labute approximate surface area is 152 Å². The molecule has 2 amide bonds. The highest BCUT2D eigenvalue weighted by atomic mass is 16.5. The number of hydrogen-bond donors (Lipinski definition) is 1. The largest absolute Gasteiger partial charge is 0.374 e. The summed E-state index contributed by atoms with van der Waals surface area (Å²) in [6.45, 7) is 13.2. The molecule has 1 N–H and O–H groups in total. The lowest BCUT2D eigenvalue weighted by Gasteiger charge is -2.25. The van der Waals surface area contributed by atoms with E-state index in [-0.39, 0.29) is 12.1 Å². The minimum atomic E-state index is 0.0326. The number of urea groups is 1. The van der Waals surface area contributed by atoms with Crippen LogP contribution in [0.4, 0.5) is 4.79 Å². The van der Waals surface area contributed by atoms with Crippen LogP contribution in [0.15, 0.2) is 24.3 Å². The van der Waals surface area contributed by atoms with Crippen LogP contribution < -0.4 is 5.32 Å². The van der Waals surface area contributed by atoms with Crippen LogP contribution in [0.3, 0.4) is 0 Å². The first-order chi connectivity index (χ1) is 12.0. The van der Waals surface area contributed by atoms with E-state index in [0.29, 0.717) is 19.2 Å². The molecule has 1 heterocycles. The third-order valence-electron chi connectivity index (χ3n) is 4.67. The van der Waals surface area contributed by atoms with Crippen molar-refractivity contribution < 1.29 is 9.53 Å². The molecule has 1 aliphatic heterocycles. The van der Waals surface area contributed by atoms with Gasteiger partial charge in [-0.25, -0.2) is 4.79 Å². The Bertz CT molecular complexity index is 545. The first-order valence-electron chi connectivity index (χ1n) is 9.42. The first kappa shape index (κ1) is 19.7. The Morgan fingerprint density at radius 1 is 1.08 bits per heavy atom. The van der Waals surface area contributed by atoms with Crippen LogP contribution in [0.2, 0.25) is 0 Å². The number of benzene rings is 1. The number of hydrogen-bond acceptors (Lipinski definition) is 3. The van der Waals surface area contributed by atoms with Crippen LogP contribution in [-0.2, 0) is 17.9 Å². The van der Waals surface area contributed by atoms with E-state index in [1.807, 2.05) is 30.9 Å². The van der Waals surface area contributed by atoms with Crippen molar-refractivity contribution in [3.63, 3.8) is 0 Å². The predicted molar refractivity (Wildman–Crippen MR) is 102 cm³/mol. The molecule has 0 spiro atoms. The van der Waals surface area contributed by atoms with Gasteiger partial charge in [0.15, 0.2) is 0 Å². The van der Waals surface area contributed by atoms with Crippen LogP contribution in [0, 0.1) is 0 Å². The van der Waals surface area contributed by atoms with E-state index in [1.165, 1.54) is 0 Å². The fourth-order valence-electron chi connectivity index (χ4n) is 3.07. The summed E-state index contributed by atoms with van der Waals surface area (Å²) in [5.74, 6) is 0. The predicted octanol–water partition coefficient (Wildman–Crippen LogP) is 3.24. The quantitative estimate of drug-likeness (QED) is 0.859. The molecule has 0 saturated carbocycles. The normalized spacial score (nSPS) is 16.3. The summed E-state index contributed by atoms with van der Waals surface area (Å²) >= 11 is 0. The number of ether oxygens (including phenoxy) is 1. The maximum Gasteiger partial charge on any atom is 0.317 e. The topological polar surface area (TPSA) is 44.8 Å². The Hall–Kier alpha value is -1.59. The van der Waals surface area contributed by atoms with Crippen LogP contribution in [0.1, 0.15) is 45.2 Å². The third kappa shape index (κ3) is 6.33. The Morgan fingerprint density at radius 2 is 1.80 bits per heavy atom. The minimum Gasteiger partial charge on any atom is -0.374 e. The van der Waals surface area contributed by atoms with Gasteiger partial charge in [-0.3, -0.25) is 4.90 Å². The Kier molecular flexibility index (Phi) is 7.72. The van der Waals surface area contributed by atoms with Gasteiger partial charge >= 0.3 is 6.03 Å². The minimum absolute atomic E-state index is 0.0326. The molecule has 0 radical (unpaired) electrons. The molecular formula is C20H33N3O2. The summed E-state index contributed by atoms with van der Waals surface area (Å²) in [5, 5.41) is 3.08. The first-order valence-corrected chi connectivity index (χ1v) is 9.42. The van der Waals surface area contributed by atoms with Crippen molar-refractivity contribution in [2.24, 2.45) is 0 Å². The van der Waals surface area contributed by atoms with Gasteiger partial charge in [0.1, 0.15) is 0 Å². The maximum absolute atomic E-state index is 12.5. The molecule has 0 atom stereocenters. The molecule has 5 nitrogen and oxygen atoms in total. The van der Waals surface area contributed by atoms with Gasteiger partial charge in [-0.05, 0) is 45.2 Å². The molecule has 1 aliphatic rings. The second-order valence-corrected chi connectivity index (χ2v) is 7.26. The van der Waals surface area contributed by atoms with Crippen molar-refractivity contribution in [3.8, 4) is 0 Å². The van der Waals surface area contributed by atoms with Crippen molar-refractivity contribution in [2.45, 2.75) is 59.4 Å². The van der Waals surface area contributed by atoms with E-state index in [2.05, 4.69) is 36.2 Å². The SMILES string of the molecule is CC(C)OCc1ccccc1CNC(=O)N1CCCN(C(C)C)CC1. The van der Waals surface area contributed by atoms with Crippen molar-refractivity contribution in [3.05, 3.63) is 35.4 Å². The number of carbonyl (C=O) groups excluding carboxylic acids is 1. The number of nitrogens with zero attached hydrogens (tertiary/aromatic N) is 2. The highest BCUT2D eigenvalue weighted by molar-refractivity contribution is 5.74. The van der Waals surface area contributed by atoms with Gasteiger partial charge in [0.05, 0.1) is 12.7 Å². The van der Waals surface area contributed by atoms with E-state index in [4.69, 9.17) is 4.74 Å². The van der Waals surface area contributed by atoms with Crippen LogP contribution >= 0.6 is 0 Å². The summed E-state index contributed by atoms with van der Waals surface area (Å²) in [4.78, 5) is 16.9. The molecule has 1 fully saturated rings. The molecular weight excluding hydrogens is 314 g/mol. The maximum atomic E-state index is 12.5. The number of nitrogens with one attached hydrogen (secondary N) is 1. The zero-order valence-corrected chi connectivity index (χ0v) is 16.1. The second kappa shape index (κ2) is 9.78. The summed E-state index contributed by atoms with van der Waals surface area (Å²) in [6.07, 6.45) is 1.23. The number of carbonyl (C=O) groups is 1. The van der Waals surface area contributed by atoms with Gasteiger partial charge in [-0.2, -0.15) is 0 Å². The Balaban J connectivity index is 1.87. The van der Waals surface area contributed by atoms with Crippen LogP contribution in [-0.4, -0.2) is 54.2 Å². The van der Waals surface area contributed by atoms with Gasteiger partial charge in [0.25, 0.3) is 0 Å². The van der Waals surface area contributed by atoms with Crippen LogP contribution in [0.5, 0.6) is 0 Å². The molecule has 25 heavy (non-hydrogen) atoms. The van der Waals surface area contributed by atoms with E-state index in [0.717, 1.165) is 43.7 Å². The second-order valence-electron chi connectivity index (χ2n) is 7.26. The number of rotatable bonds is 6. The summed E-state index contributed by atoms with van der Waals surface area (Å²) < 4.78 is 5.71. The summed E-state index contributed by atoms with van der Waals surface area (Å²) in [5.41, 5.74) is 2.26. The molecule has 1 aromatic carbocycles. The highest BCUT2D eigenvalue weighted by Crippen LogP contribution is 2.12. The average molecular weight is 348 g/mol. The van der Waals surface area contributed by atoms with Crippen molar-refractivity contribution >= 4 is 6.03 Å². The van der Waals surface area contributed by atoms with E-state index in [1.54, 1.807) is 0 Å². The summed E-state index contributed by atoms with van der Waals surface area (Å²) in [6, 6.07) is 8.71. The third-order valence-corrected chi connectivity index (χ3v) is 4.67. The molecule has 0 unspecified atom stereocenters. The van der Waals surface area contributed by atoms with E-state index < -0.39 is 0 Å². The van der Waals surface area contributed by atoms with Gasteiger partial charge in [0, 0.05) is 38.8 Å². The standard InChI is InChI=1S/C20H33N3O2/c1-16(2)22-10-7-11-23(13-12-22)20(24)21-14-18-8-5-6-9-19(18)15-25-17(3)4/h5-6,8-9,16-17H,7,10-15H2,1-4H3,(H,21,24). The molecule has 0 aromatic heterocycles. The molecule has 0 bridgehead atoms. The lowest BCUT2D eigenvalue weighted by molar-refractivity contribution is 0.0652. The lowest BCUT2D eigenvalue weighted by Crippen LogP contribution is -2.42. The number of amides is 2. The van der Waals surface area contributed by atoms with Gasteiger partial charge in [0.2, 0.25) is 0 Å². The molecule has 1 aromatic rings. The van der Waals surface area contributed by atoms with Crippen LogP contribution in [0.25, 0.3) is 0 Å². The zero-order valence-electron chi connectivity index (χ0n) is 16.1. The fraction of sp³-hybridized carbons (Fsp3) is 0.650. The fourth-order valence-corrected chi connectivity index (χ4v) is 3.07. The lowest BCUT2D eigenvalue weighted by atomic mass is 10.1. The van der Waals surface area contributed by atoms with Gasteiger partial charge in [-0.1, -0.05) is 24.3 Å². The van der Waals surface area contributed by atoms with Crippen molar-refractivity contribution in [1.29, 1.82) is 0 Å². The monoisotopic (exact) mass is 347 g/mol. The highest BCUT2D eigenvalue weighted by Gasteiger charge is 2.20. The van der Waals surface area contributed by atoms with Gasteiger partial charge in [-0.15, -0.1) is 0 Å². The van der Waals surface area contributed by atoms with Crippen molar-refractivity contribution in [1.82, 2.24) is 15.1 Å². The Morgan fingerprint density at radius 3 is 2.48 bits per heavy atom. The molecule has 1 saturated heterocycles. The van der Waals surface area contributed by atoms with E-state index in [9.17, 15) is 4.79 Å². The van der Waals surface area contributed by atoms with Gasteiger partial charge < -0.3 is 15.0 Å². The van der Waals surface area contributed by atoms with Crippen molar-refractivity contribution in [2.75, 3.05) is 26.2 Å². The summed E-state index contributed by atoms with van der Waals surface area (Å²) in [7, 11) is 0. The molecule has 140 valence electrons. The molecule has 5 heteroatoms. The molecule has 2 rings (SSSR count). The molecule has 0 aliphatic carbocycles. The smallest absolute Gasteiger partial charge is 0.317 e. The zero-order chi connectivity index (χ0) is 18.2. The average Bonchev–Trinajstić information content (AvgIpc) is 2.84. The van der Waals surface area contributed by atoms with E-state index >= 15 is 0 Å².